The van der Waals surface area contributed by atoms with Gasteiger partial charge in [0.15, 0.2) is 0 Å². The molecule has 0 bridgehead atoms. The molecule has 3 heteroatoms. The van der Waals surface area contributed by atoms with E-state index >= 15 is 0 Å². The number of para-hydroxylation sites is 1. The summed E-state index contributed by atoms with van der Waals surface area (Å²) in [6, 6.07) is 7.29. The molecule has 0 saturated heterocycles. The van der Waals surface area contributed by atoms with Crippen molar-refractivity contribution < 1.29 is 9.53 Å². The maximum atomic E-state index is 11.7. The van der Waals surface area contributed by atoms with Crippen LogP contribution in [0, 0.1) is 11.8 Å². The van der Waals surface area contributed by atoms with Crippen molar-refractivity contribution in [1.82, 2.24) is 0 Å². The molecule has 2 atom stereocenters. The first-order valence-electron chi connectivity index (χ1n) is 6.99. The number of ether oxygens (including phenoxy) is 1. The molecular weight excluding hydrogens is 250 g/mol. The zero-order chi connectivity index (χ0) is 14.5. The van der Waals surface area contributed by atoms with Gasteiger partial charge in [-0.1, -0.05) is 30.7 Å². The number of methoxy groups -OCH3 is 1. The van der Waals surface area contributed by atoms with E-state index < -0.39 is 0 Å². The summed E-state index contributed by atoms with van der Waals surface area (Å²) in [7, 11) is 1.39. The third-order valence-electron chi connectivity index (χ3n) is 3.56. The normalized spacial score (nSPS) is 22.6. The van der Waals surface area contributed by atoms with E-state index in [9.17, 15) is 4.79 Å². The van der Waals surface area contributed by atoms with Gasteiger partial charge in [-0.15, -0.1) is 0 Å². The van der Waals surface area contributed by atoms with Gasteiger partial charge in [-0.25, -0.2) is 4.79 Å². The van der Waals surface area contributed by atoms with Crippen LogP contribution in [0.3, 0.4) is 0 Å². The smallest absolute Gasteiger partial charge is 0.340 e. The first-order chi connectivity index (χ1) is 9.60. The molecule has 0 fully saturated rings. The molecule has 3 nitrogen and oxygen atoms in total. The standard InChI is InChI=1S/C17H21NO2/c1-12-8-13(2)10-14(9-12)11-18-16-7-5-4-6-15(16)17(19)20-3/h4-8,11-12,14H,9-10H2,1-3H3/t12-,14+/m1/s1. The predicted molar refractivity (Wildman–Crippen MR) is 81.6 cm³/mol. The topological polar surface area (TPSA) is 38.7 Å². The number of aliphatic imine (C=N–C) groups is 1. The van der Waals surface area contributed by atoms with E-state index in [2.05, 4.69) is 24.9 Å². The number of carbonyl (C=O) groups excluding carboxylic acids is 1. The number of carbonyl (C=O) groups is 1. The van der Waals surface area contributed by atoms with E-state index in [-0.39, 0.29) is 5.97 Å². The summed E-state index contributed by atoms with van der Waals surface area (Å²) in [4.78, 5) is 16.2. The lowest BCUT2D eigenvalue weighted by atomic mass is 9.84. The van der Waals surface area contributed by atoms with Gasteiger partial charge in [-0.3, -0.25) is 4.99 Å². The SMILES string of the molecule is COC(=O)c1ccccc1N=C[C@@H]1CC(C)=C[C@@H](C)C1. The Morgan fingerprint density at radius 2 is 2.15 bits per heavy atom. The van der Waals surface area contributed by atoms with Crippen LogP contribution in [0.1, 0.15) is 37.0 Å². The fourth-order valence-electron chi connectivity index (χ4n) is 2.76. The van der Waals surface area contributed by atoms with Crippen molar-refractivity contribution in [2.45, 2.75) is 26.7 Å². The second kappa shape index (κ2) is 6.51. The Morgan fingerprint density at radius 1 is 1.40 bits per heavy atom. The highest BCUT2D eigenvalue weighted by Gasteiger charge is 2.16. The van der Waals surface area contributed by atoms with E-state index in [1.807, 2.05) is 24.4 Å². The van der Waals surface area contributed by atoms with Gasteiger partial charge in [0.1, 0.15) is 0 Å². The monoisotopic (exact) mass is 271 g/mol. The molecule has 0 amide bonds. The van der Waals surface area contributed by atoms with Crippen LogP contribution >= 0.6 is 0 Å². The minimum absolute atomic E-state index is 0.342. The Bertz CT molecular complexity index is 546. The molecule has 0 N–H and O–H groups in total. The molecule has 1 aromatic rings. The lowest BCUT2D eigenvalue weighted by Gasteiger charge is -2.22. The minimum Gasteiger partial charge on any atom is -0.465 e. The van der Waals surface area contributed by atoms with Crippen LogP contribution in [0.2, 0.25) is 0 Å². The molecule has 20 heavy (non-hydrogen) atoms. The fraction of sp³-hybridized carbons (Fsp3) is 0.412. The quantitative estimate of drug-likeness (QED) is 0.470. The Balaban J connectivity index is 2.16. The summed E-state index contributed by atoms with van der Waals surface area (Å²) in [5.41, 5.74) is 2.61. The second-order valence-electron chi connectivity index (χ2n) is 5.48. The van der Waals surface area contributed by atoms with Crippen molar-refractivity contribution in [3.05, 3.63) is 41.5 Å². The van der Waals surface area contributed by atoms with Crippen molar-refractivity contribution in [2.24, 2.45) is 16.8 Å². The summed E-state index contributed by atoms with van der Waals surface area (Å²) in [5, 5.41) is 0. The maximum absolute atomic E-state index is 11.7. The molecule has 0 heterocycles. The van der Waals surface area contributed by atoms with Crippen molar-refractivity contribution in [3.63, 3.8) is 0 Å². The number of nitrogens with zero attached hydrogens (tertiary/aromatic N) is 1. The summed E-state index contributed by atoms with van der Waals surface area (Å²) in [6.45, 7) is 4.39. The van der Waals surface area contributed by atoms with Gasteiger partial charge in [0.25, 0.3) is 0 Å². The van der Waals surface area contributed by atoms with Crippen molar-refractivity contribution in [2.75, 3.05) is 7.11 Å². The van der Waals surface area contributed by atoms with Crippen LogP contribution in [0.25, 0.3) is 0 Å². The molecule has 0 aromatic heterocycles. The average molecular weight is 271 g/mol. The van der Waals surface area contributed by atoms with Crippen LogP contribution in [-0.2, 0) is 4.74 Å². The summed E-state index contributed by atoms with van der Waals surface area (Å²) < 4.78 is 4.78. The molecule has 1 aliphatic carbocycles. The van der Waals surface area contributed by atoms with Crippen LogP contribution in [-0.4, -0.2) is 19.3 Å². The number of hydrogen-bond acceptors (Lipinski definition) is 3. The highest BCUT2D eigenvalue weighted by atomic mass is 16.5. The number of benzene rings is 1. The molecule has 0 radical (unpaired) electrons. The molecule has 1 aromatic carbocycles. The number of hydrogen-bond donors (Lipinski definition) is 0. The molecule has 0 unspecified atom stereocenters. The van der Waals surface area contributed by atoms with Gasteiger partial charge in [0.05, 0.1) is 18.4 Å². The Morgan fingerprint density at radius 3 is 2.85 bits per heavy atom. The third-order valence-corrected chi connectivity index (χ3v) is 3.56. The lowest BCUT2D eigenvalue weighted by molar-refractivity contribution is 0.0601. The number of esters is 1. The third kappa shape index (κ3) is 3.56. The average Bonchev–Trinajstić information content (AvgIpc) is 2.43. The second-order valence-corrected chi connectivity index (χ2v) is 5.48. The number of rotatable bonds is 3. The van der Waals surface area contributed by atoms with Crippen molar-refractivity contribution in [1.29, 1.82) is 0 Å². The van der Waals surface area contributed by atoms with Crippen molar-refractivity contribution in [3.8, 4) is 0 Å². The molecule has 1 aliphatic rings. The number of allylic oxidation sites excluding steroid dienone is 2. The van der Waals surface area contributed by atoms with Gasteiger partial charge in [-0.2, -0.15) is 0 Å². The zero-order valence-corrected chi connectivity index (χ0v) is 12.3. The molecule has 2 rings (SSSR count). The van der Waals surface area contributed by atoms with E-state index in [1.165, 1.54) is 12.7 Å². The van der Waals surface area contributed by atoms with Gasteiger partial charge in [0, 0.05) is 6.21 Å². The van der Waals surface area contributed by atoms with Gasteiger partial charge >= 0.3 is 5.97 Å². The van der Waals surface area contributed by atoms with Gasteiger partial charge in [-0.05, 0) is 43.7 Å². The van der Waals surface area contributed by atoms with Gasteiger partial charge in [0.2, 0.25) is 0 Å². The van der Waals surface area contributed by atoms with Crippen LogP contribution < -0.4 is 0 Å². The van der Waals surface area contributed by atoms with Crippen LogP contribution in [0.4, 0.5) is 5.69 Å². The Hall–Kier alpha value is -1.90. The van der Waals surface area contributed by atoms with E-state index in [1.54, 1.807) is 6.07 Å². The van der Waals surface area contributed by atoms with Crippen LogP contribution in [0.15, 0.2) is 40.9 Å². The molecule has 0 spiro atoms. The van der Waals surface area contributed by atoms with E-state index in [0.29, 0.717) is 23.1 Å². The first-order valence-corrected chi connectivity index (χ1v) is 6.99. The maximum Gasteiger partial charge on any atom is 0.340 e. The Kier molecular flexibility index (Phi) is 4.72. The highest BCUT2D eigenvalue weighted by molar-refractivity contribution is 5.95. The van der Waals surface area contributed by atoms with Gasteiger partial charge < -0.3 is 4.74 Å². The zero-order valence-electron chi connectivity index (χ0n) is 12.3. The van der Waals surface area contributed by atoms with E-state index in [4.69, 9.17) is 4.74 Å². The minimum atomic E-state index is -0.342. The highest BCUT2D eigenvalue weighted by Crippen LogP contribution is 2.28. The summed E-state index contributed by atoms with van der Waals surface area (Å²) in [5.74, 6) is 0.697. The summed E-state index contributed by atoms with van der Waals surface area (Å²) >= 11 is 0. The van der Waals surface area contributed by atoms with Crippen molar-refractivity contribution >= 4 is 17.9 Å². The lowest BCUT2D eigenvalue weighted by Crippen LogP contribution is -2.12. The van der Waals surface area contributed by atoms with Crippen LogP contribution in [0.5, 0.6) is 0 Å². The molecule has 0 aliphatic heterocycles. The molecule has 106 valence electrons. The fourth-order valence-corrected chi connectivity index (χ4v) is 2.76. The molecular formula is C17H21NO2. The largest absolute Gasteiger partial charge is 0.465 e. The predicted octanol–water partition coefficient (Wildman–Crippen LogP) is 4.17. The van der Waals surface area contributed by atoms with E-state index in [0.717, 1.165) is 12.8 Å². The summed E-state index contributed by atoms with van der Waals surface area (Å²) in [6.07, 6.45) is 6.47. The molecule has 0 saturated carbocycles. The first kappa shape index (κ1) is 14.5. The Labute approximate surface area is 120 Å².